The van der Waals surface area contributed by atoms with E-state index in [1.54, 1.807) is 16.4 Å². The number of aryl methyl sites for hydroxylation is 1. The molecule has 0 bridgehead atoms. The van der Waals surface area contributed by atoms with Crippen LogP contribution in [0.15, 0.2) is 30.3 Å². The van der Waals surface area contributed by atoms with Gasteiger partial charge in [0.25, 0.3) is 5.91 Å². The fraction of sp³-hybridized carbons (Fsp3) is 0.440. The van der Waals surface area contributed by atoms with Crippen molar-refractivity contribution in [2.24, 2.45) is 0 Å². The summed E-state index contributed by atoms with van der Waals surface area (Å²) in [4.78, 5) is 17.9. The Balaban J connectivity index is 1.27. The Kier molecular flexibility index (Phi) is 5.56. The van der Waals surface area contributed by atoms with Gasteiger partial charge in [0.2, 0.25) is 10.0 Å². The molecule has 6 rings (SSSR count). The van der Waals surface area contributed by atoms with Gasteiger partial charge in [0, 0.05) is 25.6 Å². The normalized spacial score (nSPS) is 19.6. The molecule has 1 aliphatic carbocycles. The molecule has 1 aromatic carbocycles. The van der Waals surface area contributed by atoms with Crippen LogP contribution in [0.1, 0.15) is 59.5 Å². The van der Waals surface area contributed by atoms with Crippen molar-refractivity contribution in [3.8, 4) is 17.3 Å². The summed E-state index contributed by atoms with van der Waals surface area (Å²) in [5, 5.41) is 11.2. The summed E-state index contributed by atoms with van der Waals surface area (Å²) in [5.41, 5.74) is 2.80. The standard InChI is InChI=1S/C25H28N6O4S/c1-15-6-9-23-28-29-24(31(15)23)20-4-3-5-22(26-20)27-25(32)19-12-17-14-30(36(33,34)18-7-8-18)11-10-16(17)13-21(19)35-2/h3-5,12-13,15,18H,6-11,14H2,1-2H3,(H,26,27,32)/t15-/m0/s1. The number of anilines is 1. The van der Waals surface area contributed by atoms with Crippen LogP contribution in [0.3, 0.4) is 0 Å². The summed E-state index contributed by atoms with van der Waals surface area (Å²) in [6.45, 7) is 2.85. The molecule has 0 saturated heterocycles. The number of hydrogen-bond acceptors (Lipinski definition) is 7. The maximum Gasteiger partial charge on any atom is 0.260 e. The highest BCUT2D eigenvalue weighted by atomic mass is 32.2. The number of benzene rings is 1. The molecule has 10 nitrogen and oxygen atoms in total. The van der Waals surface area contributed by atoms with Crippen molar-refractivity contribution in [3.05, 3.63) is 52.8 Å². The molecule has 4 heterocycles. The van der Waals surface area contributed by atoms with Gasteiger partial charge in [0.05, 0.1) is 17.9 Å². The number of nitrogens with one attached hydrogen (secondary N) is 1. The van der Waals surface area contributed by atoms with Gasteiger partial charge in [-0.2, -0.15) is 4.31 Å². The summed E-state index contributed by atoms with van der Waals surface area (Å²) in [6, 6.07) is 9.29. The summed E-state index contributed by atoms with van der Waals surface area (Å²) in [6.07, 6.45) is 3.95. The number of rotatable bonds is 6. The van der Waals surface area contributed by atoms with Gasteiger partial charge in [0.15, 0.2) is 5.82 Å². The molecule has 36 heavy (non-hydrogen) atoms. The predicted molar refractivity (Wildman–Crippen MR) is 133 cm³/mol. The number of carbonyl (C=O) groups excluding carboxylic acids is 1. The molecule has 11 heteroatoms. The highest BCUT2D eigenvalue weighted by molar-refractivity contribution is 7.90. The van der Waals surface area contributed by atoms with E-state index in [0.29, 0.717) is 47.7 Å². The van der Waals surface area contributed by atoms with Crippen molar-refractivity contribution < 1.29 is 17.9 Å². The maximum absolute atomic E-state index is 13.3. The van der Waals surface area contributed by atoms with Crippen LogP contribution >= 0.6 is 0 Å². The van der Waals surface area contributed by atoms with Crippen LogP contribution in [0.25, 0.3) is 11.5 Å². The highest BCUT2D eigenvalue weighted by Gasteiger charge is 2.41. The average molecular weight is 509 g/mol. The molecule has 2 aromatic heterocycles. The molecule has 0 unspecified atom stereocenters. The van der Waals surface area contributed by atoms with E-state index in [-0.39, 0.29) is 17.7 Å². The Morgan fingerprint density at radius 3 is 2.72 bits per heavy atom. The smallest absolute Gasteiger partial charge is 0.260 e. The molecule has 1 fully saturated rings. The molecule has 1 atom stereocenters. The first-order valence-corrected chi connectivity index (χ1v) is 13.8. The Morgan fingerprint density at radius 1 is 1.11 bits per heavy atom. The van der Waals surface area contributed by atoms with Gasteiger partial charge in [-0.1, -0.05) is 6.07 Å². The van der Waals surface area contributed by atoms with Crippen molar-refractivity contribution in [2.45, 2.75) is 56.9 Å². The molecular weight excluding hydrogens is 480 g/mol. The monoisotopic (exact) mass is 508 g/mol. The molecule has 1 saturated carbocycles. The van der Waals surface area contributed by atoms with Crippen LogP contribution in [0.2, 0.25) is 0 Å². The zero-order chi connectivity index (χ0) is 25.0. The first-order valence-electron chi connectivity index (χ1n) is 12.3. The van der Waals surface area contributed by atoms with Gasteiger partial charge in [-0.3, -0.25) is 4.79 Å². The molecule has 1 amide bonds. The number of aromatic nitrogens is 4. The van der Waals surface area contributed by atoms with E-state index in [9.17, 15) is 13.2 Å². The number of ether oxygens (including phenoxy) is 1. The topological polar surface area (TPSA) is 119 Å². The molecular formula is C25H28N6O4S. The lowest BCUT2D eigenvalue weighted by molar-refractivity contribution is 0.102. The quantitative estimate of drug-likeness (QED) is 0.544. The summed E-state index contributed by atoms with van der Waals surface area (Å²) < 4.78 is 34.7. The number of sulfonamides is 1. The molecule has 2 aliphatic heterocycles. The summed E-state index contributed by atoms with van der Waals surface area (Å²) in [7, 11) is -1.76. The number of methoxy groups -OCH3 is 1. The molecule has 0 radical (unpaired) electrons. The minimum Gasteiger partial charge on any atom is -0.496 e. The third kappa shape index (κ3) is 3.96. The minimum absolute atomic E-state index is 0.257. The van der Waals surface area contributed by atoms with Gasteiger partial charge in [0.1, 0.15) is 23.1 Å². The van der Waals surface area contributed by atoms with Crippen molar-refractivity contribution in [3.63, 3.8) is 0 Å². The molecule has 0 spiro atoms. The lowest BCUT2D eigenvalue weighted by atomic mass is 9.97. The van der Waals surface area contributed by atoms with Crippen molar-refractivity contribution in [2.75, 3.05) is 19.0 Å². The second-order valence-electron chi connectivity index (χ2n) is 9.71. The zero-order valence-corrected chi connectivity index (χ0v) is 21.1. The minimum atomic E-state index is -3.29. The number of pyridine rings is 1. The second-order valence-corrected chi connectivity index (χ2v) is 11.9. The van der Waals surface area contributed by atoms with Crippen LogP contribution in [-0.4, -0.2) is 57.3 Å². The third-order valence-corrected chi connectivity index (χ3v) is 9.61. The number of carbonyl (C=O) groups is 1. The summed E-state index contributed by atoms with van der Waals surface area (Å²) >= 11 is 0. The Labute approximate surface area is 209 Å². The van der Waals surface area contributed by atoms with Crippen molar-refractivity contribution >= 4 is 21.7 Å². The number of fused-ring (bicyclic) bond motifs is 2. The van der Waals surface area contributed by atoms with E-state index in [1.807, 2.05) is 18.2 Å². The van der Waals surface area contributed by atoms with Gasteiger partial charge in [-0.15, -0.1) is 10.2 Å². The van der Waals surface area contributed by atoms with Gasteiger partial charge in [-0.05, 0) is 68.0 Å². The van der Waals surface area contributed by atoms with Crippen molar-refractivity contribution in [1.82, 2.24) is 24.1 Å². The molecule has 188 valence electrons. The van der Waals surface area contributed by atoms with E-state index in [4.69, 9.17) is 4.74 Å². The lowest BCUT2D eigenvalue weighted by Gasteiger charge is -2.29. The number of amides is 1. The van der Waals surface area contributed by atoms with Crippen LogP contribution < -0.4 is 10.1 Å². The molecule has 3 aromatic rings. The second kappa shape index (κ2) is 8.67. The Hall–Kier alpha value is -3.31. The van der Waals surface area contributed by atoms with Crippen molar-refractivity contribution in [1.29, 1.82) is 0 Å². The largest absolute Gasteiger partial charge is 0.496 e. The number of nitrogens with zero attached hydrogens (tertiary/aromatic N) is 5. The highest BCUT2D eigenvalue weighted by Crippen LogP contribution is 2.35. The first-order chi connectivity index (χ1) is 17.3. The van der Waals surface area contributed by atoms with Gasteiger partial charge in [-0.25, -0.2) is 13.4 Å². The summed E-state index contributed by atoms with van der Waals surface area (Å²) in [5.74, 6) is 2.10. The SMILES string of the molecule is COc1cc2c(cc1C(=O)Nc1cccc(-c3nnc4n3[C@@H](C)CC4)n1)CN(S(=O)(=O)C1CC1)CC2. The van der Waals surface area contributed by atoms with Gasteiger partial charge < -0.3 is 14.6 Å². The first kappa shape index (κ1) is 23.1. The maximum atomic E-state index is 13.3. The van der Waals surface area contributed by atoms with E-state index >= 15 is 0 Å². The molecule has 3 aliphatic rings. The third-order valence-electron chi connectivity index (χ3n) is 7.26. The lowest BCUT2D eigenvalue weighted by Crippen LogP contribution is -2.38. The zero-order valence-electron chi connectivity index (χ0n) is 20.3. The fourth-order valence-corrected chi connectivity index (χ4v) is 6.93. The fourth-order valence-electron chi connectivity index (χ4n) is 5.11. The predicted octanol–water partition coefficient (Wildman–Crippen LogP) is 2.96. The van der Waals surface area contributed by atoms with Crippen LogP contribution in [0.5, 0.6) is 5.75 Å². The Morgan fingerprint density at radius 2 is 1.94 bits per heavy atom. The Bertz CT molecular complexity index is 1460. The number of hydrogen-bond donors (Lipinski definition) is 1. The van der Waals surface area contributed by atoms with E-state index in [2.05, 4.69) is 32.0 Å². The average Bonchev–Trinajstić information content (AvgIpc) is 3.57. The van der Waals surface area contributed by atoms with E-state index in [1.165, 1.54) is 7.11 Å². The van der Waals surface area contributed by atoms with Crippen LogP contribution in [-0.2, 0) is 29.4 Å². The van der Waals surface area contributed by atoms with Crippen LogP contribution in [0.4, 0.5) is 5.82 Å². The van der Waals surface area contributed by atoms with Crippen LogP contribution in [0, 0.1) is 0 Å². The molecule has 1 N–H and O–H groups in total. The van der Waals surface area contributed by atoms with E-state index in [0.717, 1.165) is 42.6 Å². The van der Waals surface area contributed by atoms with Gasteiger partial charge >= 0.3 is 0 Å². The van der Waals surface area contributed by atoms with E-state index < -0.39 is 10.0 Å².